The fourth-order valence-corrected chi connectivity index (χ4v) is 3.85. The Kier molecular flexibility index (Phi) is 8.93. The molecule has 31 heavy (non-hydrogen) atoms. The molecule has 3 heteroatoms. The van der Waals surface area contributed by atoms with Gasteiger partial charge in [0.1, 0.15) is 5.76 Å². The lowest BCUT2D eigenvalue weighted by molar-refractivity contribution is -0.261. The molecule has 0 radical (unpaired) electrons. The number of benzene rings is 2. The summed E-state index contributed by atoms with van der Waals surface area (Å²) >= 11 is 6.80. The first kappa shape index (κ1) is 22.8. The van der Waals surface area contributed by atoms with E-state index in [9.17, 15) is 0 Å². The number of ketones is 1. The maximum absolute atomic E-state index is 6.80. The Morgan fingerprint density at radius 1 is 0.968 bits per heavy atom. The van der Waals surface area contributed by atoms with Crippen LogP contribution in [0.5, 0.6) is 0 Å². The first-order chi connectivity index (χ1) is 15.2. The Labute approximate surface area is 190 Å². The van der Waals surface area contributed by atoms with E-state index < -0.39 is 0 Å². The first-order valence-electron chi connectivity index (χ1n) is 10.9. The van der Waals surface area contributed by atoms with E-state index in [1.54, 1.807) is 0 Å². The van der Waals surface area contributed by atoms with Crippen LogP contribution >= 0.6 is 11.6 Å². The molecule has 1 aliphatic rings. The smallest absolute Gasteiger partial charge is 0.350 e. The molecule has 2 nitrogen and oxygen atoms in total. The SMILES string of the molecule is CCO/C(=C/C=C1\CCCC(/C=C/C(=[O+]CC)c2ccccc2)=C1Cl)c1ccccc1. The molecule has 0 fully saturated rings. The lowest BCUT2D eigenvalue weighted by Crippen LogP contribution is -2.01. The van der Waals surface area contributed by atoms with Gasteiger partial charge in [0.15, 0.2) is 0 Å². The largest absolute Gasteiger partial charge is 0.493 e. The Balaban J connectivity index is 1.87. The Hall–Kier alpha value is -2.84. The molecule has 1 aliphatic carbocycles. The zero-order valence-electron chi connectivity index (χ0n) is 18.3. The van der Waals surface area contributed by atoms with Crippen molar-refractivity contribution >= 4 is 23.1 Å². The molecule has 0 saturated heterocycles. The van der Waals surface area contributed by atoms with E-state index in [0.29, 0.717) is 13.2 Å². The van der Waals surface area contributed by atoms with Gasteiger partial charge in [0.05, 0.1) is 12.2 Å². The van der Waals surface area contributed by atoms with Gasteiger partial charge in [0, 0.05) is 23.6 Å². The van der Waals surface area contributed by atoms with Crippen molar-refractivity contribution < 1.29 is 9.16 Å². The third kappa shape index (κ3) is 6.57. The van der Waals surface area contributed by atoms with E-state index in [4.69, 9.17) is 20.8 Å². The van der Waals surface area contributed by atoms with Crippen LogP contribution < -0.4 is 0 Å². The number of hydrogen-bond acceptors (Lipinski definition) is 1. The van der Waals surface area contributed by atoms with Crippen LogP contribution in [0.3, 0.4) is 0 Å². The highest BCUT2D eigenvalue weighted by molar-refractivity contribution is 6.32. The molecule has 0 unspecified atom stereocenters. The molecule has 3 rings (SSSR count). The highest BCUT2D eigenvalue weighted by Crippen LogP contribution is 2.33. The number of ether oxygens (including phenoxy) is 1. The van der Waals surface area contributed by atoms with Gasteiger partial charge < -0.3 is 4.74 Å². The Morgan fingerprint density at radius 2 is 1.65 bits per heavy atom. The third-order valence-electron chi connectivity index (χ3n) is 5.04. The molecule has 0 atom stereocenters. The maximum atomic E-state index is 6.80. The molecule has 2 aromatic carbocycles. The summed E-state index contributed by atoms with van der Waals surface area (Å²) < 4.78 is 11.7. The number of hydrogen-bond donors (Lipinski definition) is 0. The minimum Gasteiger partial charge on any atom is -0.493 e. The average Bonchev–Trinajstić information content (AvgIpc) is 2.82. The molecule has 160 valence electrons. The molecule has 0 bridgehead atoms. The van der Waals surface area contributed by atoms with Crippen LogP contribution in [0.15, 0.2) is 101 Å². The summed E-state index contributed by atoms with van der Waals surface area (Å²) in [4.78, 5) is 0. The van der Waals surface area contributed by atoms with Gasteiger partial charge in [-0.25, -0.2) is 0 Å². The molecule has 0 aromatic heterocycles. The number of carbonyl (C=O) groups excluding carboxylic acids is 1. The zero-order chi connectivity index (χ0) is 21.9. The van der Waals surface area contributed by atoms with Gasteiger partial charge in [-0.2, -0.15) is 0 Å². The predicted octanol–water partition coefficient (Wildman–Crippen LogP) is 7.66. The monoisotopic (exact) mass is 433 g/mol. The van der Waals surface area contributed by atoms with Crippen LogP contribution in [0.1, 0.15) is 48.7 Å². The minimum absolute atomic E-state index is 0.622. The fourth-order valence-electron chi connectivity index (χ4n) is 3.53. The van der Waals surface area contributed by atoms with Crippen LogP contribution in [-0.2, 0) is 4.74 Å². The second-order valence-corrected chi connectivity index (χ2v) is 7.59. The number of rotatable bonds is 8. The topological polar surface area (TPSA) is 20.5 Å². The number of allylic oxidation sites excluding steroid dienone is 7. The normalized spacial score (nSPS) is 16.9. The summed E-state index contributed by atoms with van der Waals surface area (Å²) in [5.41, 5.74) is 4.41. The summed E-state index contributed by atoms with van der Waals surface area (Å²) in [5.74, 6) is 1.72. The van der Waals surface area contributed by atoms with Gasteiger partial charge in [-0.15, -0.1) is 0 Å². The van der Waals surface area contributed by atoms with E-state index in [0.717, 1.165) is 58.1 Å². The first-order valence-corrected chi connectivity index (χ1v) is 11.3. The Morgan fingerprint density at radius 3 is 2.29 bits per heavy atom. The van der Waals surface area contributed by atoms with Gasteiger partial charge >= 0.3 is 5.78 Å². The van der Waals surface area contributed by atoms with Gasteiger partial charge in [-0.3, -0.25) is 4.42 Å². The standard InChI is InChI=1S/C28H30ClO2/c1-3-30-26(22-12-7-5-8-13-22)20-18-24-16-11-17-25(28(24)29)19-21-27(31-4-2)23-14-9-6-10-15-23/h5-10,12-15,18-21H,3-4,11,16-17H2,1-2H3/q+1/b20-18+,25-19+,27-21+. The molecule has 0 amide bonds. The second-order valence-electron chi connectivity index (χ2n) is 7.21. The lowest BCUT2D eigenvalue weighted by atomic mass is 9.93. The summed E-state index contributed by atoms with van der Waals surface area (Å²) in [6.07, 6.45) is 11.2. The van der Waals surface area contributed by atoms with Crippen LogP contribution in [0.4, 0.5) is 0 Å². The third-order valence-corrected chi connectivity index (χ3v) is 5.53. The van der Waals surface area contributed by atoms with Crippen molar-refractivity contribution in [3.63, 3.8) is 0 Å². The van der Waals surface area contributed by atoms with Crippen LogP contribution in [0, 0.1) is 0 Å². The molecule has 2 aromatic rings. The molecule has 0 N–H and O–H groups in total. The van der Waals surface area contributed by atoms with E-state index in [1.807, 2.05) is 62.4 Å². The van der Waals surface area contributed by atoms with E-state index in [1.165, 1.54) is 0 Å². The van der Waals surface area contributed by atoms with E-state index in [-0.39, 0.29) is 0 Å². The quantitative estimate of drug-likeness (QED) is 0.181. The minimum atomic E-state index is 0.622. The van der Waals surface area contributed by atoms with Crippen molar-refractivity contribution in [2.24, 2.45) is 0 Å². The second kappa shape index (κ2) is 12.1. The molecule has 0 spiro atoms. The van der Waals surface area contributed by atoms with Crippen LogP contribution in [0.25, 0.3) is 5.76 Å². The summed E-state index contributed by atoms with van der Waals surface area (Å²) in [5, 5.41) is 0.826. The van der Waals surface area contributed by atoms with Crippen molar-refractivity contribution in [1.29, 1.82) is 0 Å². The van der Waals surface area contributed by atoms with Crippen LogP contribution in [0.2, 0.25) is 0 Å². The average molecular weight is 434 g/mol. The fraction of sp³-hybridized carbons (Fsp3) is 0.250. The van der Waals surface area contributed by atoms with Crippen molar-refractivity contribution in [1.82, 2.24) is 0 Å². The van der Waals surface area contributed by atoms with Gasteiger partial charge in [-0.1, -0.05) is 66.2 Å². The highest BCUT2D eigenvalue weighted by atomic mass is 35.5. The van der Waals surface area contributed by atoms with Crippen molar-refractivity contribution in [3.8, 4) is 0 Å². The number of halogens is 1. The summed E-state index contributed by atoms with van der Waals surface area (Å²) in [7, 11) is 0. The molecular formula is C28H30ClO2+. The summed E-state index contributed by atoms with van der Waals surface area (Å²) in [6.45, 7) is 5.24. The van der Waals surface area contributed by atoms with E-state index >= 15 is 0 Å². The molecule has 0 saturated carbocycles. The Bertz CT molecular complexity index is 996. The lowest BCUT2D eigenvalue weighted by Gasteiger charge is -2.16. The van der Waals surface area contributed by atoms with Crippen molar-refractivity contribution in [2.45, 2.75) is 33.1 Å². The molecular weight excluding hydrogens is 404 g/mol. The van der Waals surface area contributed by atoms with Gasteiger partial charge in [0.25, 0.3) is 6.61 Å². The van der Waals surface area contributed by atoms with Gasteiger partial charge in [0.2, 0.25) is 0 Å². The van der Waals surface area contributed by atoms with Crippen molar-refractivity contribution in [2.75, 3.05) is 13.2 Å². The maximum Gasteiger partial charge on any atom is 0.350 e. The summed E-state index contributed by atoms with van der Waals surface area (Å²) in [6, 6.07) is 20.3. The predicted molar refractivity (Wildman–Crippen MR) is 131 cm³/mol. The zero-order valence-corrected chi connectivity index (χ0v) is 19.1. The van der Waals surface area contributed by atoms with Gasteiger partial charge in [-0.05, 0) is 61.6 Å². The van der Waals surface area contributed by atoms with E-state index in [2.05, 4.69) is 36.4 Å². The van der Waals surface area contributed by atoms with Crippen LogP contribution in [-0.4, -0.2) is 19.0 Å². The van der Waals surface area contributed by atoms with Crippen molar-refractivity contribution in [3.05, 3.63) is 112 Å². The molecule has 0 aliphatic heterocycles. The highest BCUT2D eigenvalue weighted by Gasteiger charge is 2.16. The molecule has 0 heterocycles.